The zero-order valence-corrected chi connectivity index (χ0v) is 14.4. The molecule has 0 aliphatic rings. The first-order valence-electron chi connectivity index (χ1n) is 8.35. The third-order valence-electron chi connectivity index (χ3n) is 3.70. The molecule has 0 saturated carbocycles. The number of esters is 1. The molecule has 0 aliphatic carbocycles. The summed E-state index contributed by atoms with van der Waals surface area (Å²) < 4.78 is 10.7. The number of ether oxygens (including phenoxy) is 2. The molecule has 22 heavy (non-hydrogen) atoms. The van der Waals surface area contributed by atoms with Gasteiger partial charge in [0.1, 0.15) is 6.10 Å². The second-order valence-electron chi connectivity index (χ2n) is 6.25. The second-order valence-corrected chi connectivity index (χ2v) is 6.25. The molecular weight excluding hydrogens is 276 g/mol. The molecule has 1 aromatic rings. The minimum atomic E-state index is -0.257. The van der Waals surface area contributed by atoms with E-state index in [1.165, 1.54) is 18.4 Å². The van der Waals surface area contributed by atoms with Crippen LogP contribution in [0.4, 0.5) is 0 Å². The number of aryl methyl sites for hydroxylation is 1. The van der Waals surface area contributed by atoms with Crippen molar-refractivity contribution in [1.29, 1.82) is 0 Å². The topological polar surface area (TPSA) is 35.5 Å². The third kappa shape index (κ3) is 7.08. The van der Waals surface area contributed by atoms with Gasteiger partial charge in [-0.05, 0) is 49.3 Å². The van der Waals surface area contributed by atoms with Crippen molar-refractivity contribution in [2.75, 3.05) is 13.7 Å². The van der Waals surface area contributed by atoms with Crippen LogP contribution < -0.4 is 0 Å². The maximum Gasteiger partial charge on any atom is 0.338 e. The van der Waals surface area contributed by atoms with Crippen molar-refractivity contribution >= 4 is 5.97 Å². The summed E-state index contributed by atoms with van der Waals surface area (Å²) >= 11 is 0. The van der Waals surface area contributed by atoms with Gasteiger partial charge in [-0.25, -0.2) is 4.79 Å². The van der Waals surface area contributed by atoms with Gasteiger partial charge in [-0.3, -0.25) is 0 Å². The molecule has 1 aromatic carbocycles. The third-order valence-corrected chi connectivity index (χ3v) is 3.70. The van der Waals surface area contributed by atoms with Crippen LogP contribution in [0.3, 0.4) is 0 Å². The normalized spacial score (nSPS) is 12.4. The van der Waals surface area contributed by atoms with Gasteiger partial charge in [0.2, 0.25) is 0 Å². The summed E-state index contributed by atoms with van der Waals surface area (Å²) in [5, 5.41) is 0. The average molecular weight is 306 g/mol. The molecule has 0 bridgehead atoms. The Bertz CT molecular complexity index is 423. The second kappa shape index (κ2) is 10.4. The minimum Gasteiger partial charge on any atom is -0.456 e. The van der Waals surface area contributed by atoms with Crippen LogP contribution in [0.2, 0.25) is 0 Å². The van der Waals surface area contributed by atoms with Crippen LogP contribution >= 0.6 is 0 Å². The number of carbonyl (C=O) groups excluding carboxylic acids is 1. The summed E-state index contributed by atoms with van der Waals surface area (Å²) in [6.45, 7) is 6.97. The molecule has 3 heteroatoms. The van der Waals surface area contributed by atoms with Gasteiger partial charge in [-0.2, -0.15) is 0 Å². The van der Waals surface area contributed by atoms with E-state index in [4.69, 9.17) is 9.47 Å². The maximum atomic E-state index is 12.2. The van der Waals surface area contributed by atoms with Crippen LogP contribution in [0, 0.1) is 5.92 Å². The van der Waals surface area contributed by atoms with Gasteiger partial charge in [0, 0.05) is 7.11 Å². The van der Waals surface area contributed by atoms with Crippen molar-refractivity contribution in [1.82, 2.24) is 0 Å². The van der Waals surface area contributed by atoms with Gasteiger partial charge < -0.3 is 9.47 Å². The average Bonchev–Trinajstić information content (AvgIpc) is 2.51. The number of carbonyl (C=O) groups is 1. The molecule has 1 atom stereocenters. The first-order chi connectivity index (χ1) is 10.6. The first-order valence-corrected chi connectivity index (χ1v) is 8.35. The van der Waals surface area contributed by atoms with Gasteiger partial charge in [0.25, 0.3) is 0 Å². The lowest BCUT2D eigenvalue weighted by Crippen LogP contribution is -2.23. The molecule has 1 rings (SSSR count). The molecular formula is C19H30O3. The van der Waals surface area contributed by atoms with Gasteiger partial charge in [-0.1, -0.05) is 39.3 Å². The molecule has 0 amide bonds. The predicted octanol–water partition coefficient (Wildman–Crippen LogP) is 4.64. The largest absolute Gasteiger partial charge is 0.456 e. The fraction of sp³-hybridized carbons (Fsp3) is 0.632. The van der Waals surface area contributed by atoms with Crippen LogP contribution in [0.15, 0.2) is 24.3 Å². The van der Waals surface area contributed by atoms with Gasteiger partial charge >= 0.3 is 5.97 Å². The van der Waals surface area contributed by atoms with Crippen LogP contribution in [0.1, 0.15) is 62.4 Å². The Labute approximate surface area is 135 Å². The molecule has 3 nitrogen and oxygen atoms in total. The highest BCUT2D eigenvalue weighted by Gasteiger charge is 2.16. The van der Waals surface area contributed by atoms with E-state index in [-0.39, 0.29) is 12.1 Å². The number of unbranched alkanes of at least 4 members (excludes halogenated alkanes) is 1. The van der Waals surface area contributed by atoms with Gasteiger partial charge in [0.05, 0.1) is 12.2 Å². The predicted molar refractivity (Wildman–Crippen MR) is 90.2 cm³/mol. The first kappa shape index (κ1) is 18.7. The number of hydrogen-bond donors (Lipinski definition) is 0. The van der Waals surface area contributed by atoms with Crippen molar-refractivity contribution in [3.8, 4) is 0 Å². The Kier molecular flexibility index (Phi) is 8.83. The Morgan fingerprint density at radius 1 is 1.14 bits per heavy atom. The lowest BCUT2D eigenvalue weighted by Gasteiger charge is -2.18. The van der Waals surface area contributed by atoms with E-state index in [9.17, 15) is 4.79 Å². The van der Waals surface area contributed by atoms with Gasteiger partial charge in [0.15, 0.2) is 0 Å². The Morgan fingerprint density at radius 2 is 1.82 bits per heavy atom. The SMILES string of the molecule is CCCCc1ccc(C(=O)OC(CCC(C)C)COC)cc1. The fourth-order valence-corrected chi connectivity index (χ4v) is 2.29. The Hall–Kier alpha value is -1.35. The number of hydrogen-bond acceptors (Lipinski definition) is 3. The van der Waals surface area contributed by atoms with E-state index in [2.05, 4.69) is 20.8 Å². The number of rotatable bonds is 10. The number of benzene rings is 1. The molecule has 1 unspecified atom stereocenters. The molecule has 0 spiro atoms. The zero-order valence-electron chi connectivity index (χ0n) is 14.4. The lowest BCUT2D eigenvalue weighted by molar-refractivity contribution is 0.00156. The molecule has 0 saturated heterocycles. The molecule has 0 fully saturated rings. The summed E-state index contributed by atoms with van der Waals surface area (Å²) in [5.41, 5.74) is 1.89. The highest BCUT2D eigenvalue weighted by atomic mass is 16.6. The molecule has 0 aliphatic heterocycles. The zero-order chi connectivity index (χ0) is 16.4. The van der Waals surface area contributed by atoms with E-state index in [0.29, 0.717) is 18.1 Å². The molecule has 0 aromatic heterocycles. The van der Waals surface area contributed by atoms with E-state index in [1.54, 1.807) is 7.11 Å². The quantitative estimate of drug-likeness (QED) is 0.591. The van der Waals surface area contributed by atoms with Crippen LogP contribution in [-0.2, 0) is 15.9 Å². The Balaban J connectivity index is 2.57. The van der Waals surface area contributed by atoms with Gasteiger partial charge in [-0.15, -0.1) is 0 Å². The number of methoxy groups -OCH3 is 1. The van der Waals surface area contributed by atoms with Crippen molar-refractivity contribution in [3.63, 3.8) is 0 Å². The fourth-order valence-electron chi connectivity index (χ4n) is 2.29. The summed E-state index contributed by atoms with van der Waals surface area (Å²) in [5.74, 6) is 0.337. The summed E-state index contributed by atoms with van der Waals surface area (Å²) in [6.07, 6.45) is 5.11. The van der Waals surface area contributed by atoms with E-state index < -0.39 is 0 Å². The summed E-state index contributed by atoms with van der Waals surface area (Å²) in [6, 6.07) is 7.76. The highest BCUT2D eigenvalue weighted by Crippen LogP contribution is 2.14. The standard InChI is InChI=1S/C19H30O3/c1-5-6-7-16-9-11-17(12-10-16)19(20)22-18(14-21-4)13-8-15(2)3/h9-12,15,18H,5-8,13-14H2,1-4H3. The lowest BCUT2D eigenvalue weighted by atomic mass is 10.0. The molecule has 0 N–H and O–H groups in total. The molecule has 124 valence electrons. The van der Waals surface area contributed by atoms with Crippen molar-refractivity contribution in [2.45, 2.75) is 59.0 Å². The Morgan fingerprint density at radius 3 is 2.36 bits per heavy atom. The molecule has 0 radical (unpaired) electrons. The monoisotopic (exact) mass is 306 g/mol. The van der Waals surface area contributed by atoms with E-state index in [1.807, 2.05) is 24.3 Å². The van der Waals surface area contributed by atoms with Crippen LogP contribution in [0.25, 0.3) is 0 Å². The van der Waals surface area contributed by atoms with Crippen LogP contribution in [-0.4, -0.2) is 25.8 Å². The smallest absolute Gasteiger partial charge is 0.338 e. The highest BCUT2D eigenvalue weighted by molar-refractivity contribution is 5.89. The van der Waals surface area contributed by atoms with E-state index >= 15 is 0 Å². The minimum absolute atomic E-state index is 0.167. The van der Waals surface area contributed by atoms with Crippen molar-refractivity contribution < 1.29 is 14.3 Å². The molecule has 0 heterocycles. The van der Waals surface area contributed by atoms with Crippen molar-refractivity contribution in [3.05, 3.63) is 35.4 Å². The summed E-state index contributed by atoms with van der Waals surface area (Å²) in [7, 11) is 1.64. The van der Waals surface area contributed by atoms with E-state index in [0.717, 1.165) is 19.3 Å². The van der Waals surface area contributed by atoms with Crippen molar-refractivity contribution in [2.24, 2.45) is 5.92 Å². The van der Waals surface area contributed by atoms with Crippen LogP contribution in [0.5, 0.6) is 0 Å². The maximum absolute atomic E-state index is 12.2. The summed E-state index contributed by atoms with van der Waals surface area (Å²) in [4.78, 5) is 12.2.